The van der Waals surface area contributed by atoms with Crippen molar-refractivity contribution in [1.29, 1.82) is 0 Å². The van der Waals surface area contributed by atoms with E-state index in [-0.39, 0.29) is 0 Å². The molecule has 15 heavy (non-hydrogen) atoms. The van der Waals surface area contributed by atoms with Crippen LogP contribution in [0, 0.1) is 0 Å². The maximum Gasteiger partial charge on any atom is 0.0107 e. The zero-order valence-corrected chi connectivity index (χ0v) is 10.8. The number of rotatable bonds is 7. The topological polar surface area (TPSA) is 15.3 Å². The summed E-state index contributed by atoms with van der Waals surface area (Å²) in [5, 5.41) is 3.67. The molecule has 2 nitrogen and oxygen atoms in total. The molecular formula is C13H28N2. The molecule has 0 spiro atoms. The molecule has 1 rings (SSSR count). The molecule has 0 aromatic carbocycles. The van der Waals surface area contributed by atoms with Crippen molar-refractivity contribution >= 4 is 0 Å². The van der Waals surface area contributed by atoms with E-state index in [0.717, 1.165) is 18.6 Å². The van der Waals surface area contributed by atoms with E-state index in [1.54, 1.807) is 0 Å². The Balaban J connectivity index is 2.02. The Kier molecular flexibility index (Phi) is 6.26. The number of hydrogen-bond acceptors (Lipinski definition) is 2. The van der Waals surface area contributed by atoms with E-state index in [2.05, 4.69) is 31.1 Å². The quantitative estimate of drug-likeness (QED) is 0.698. The van der Waals surface area contributed by atoms with Crippen LogP contribution in [0.3, 0.4) is 0 Å². The van der Waals surface area contributed by atoms with E-state index < -0.39 is 0 Å². The van der Waals surface area contributed by atoms with Gasteiger partial charge in [0.1, 0.15) is 0 Å². The second-order valence-corrected chi connectivity index (χ2v) is 5.05. The lowest BCUT2D eigenvalue weighted by Crippen LogP contribution is -2.38. The lowest BCUT2D eigenvalue weighted by molar-refractivity contribution is 0.241. The summed E-state index contributed by atoms with van der Waals surface area (Å²) in [6.07, 6.45) is 8.27. The molecule has 0 amide bonds. The Morgan fingerprint density at radius 3 is 2.60 bits per heavy atom. The summed E-state index contributed by atoms with van der Waals surface area (Å²) in [5.74, 6) is 0. The van der Waals surface area contributed by atoms with Crippen LogP contribution in [0.25, 0.3) is 0 Å². The van der Waals surface area contributed by atoms with Crippen LogP contribution in [0.1, 0.15) is 52.4 Å². The van der Waals surface area contributed by atoms with Crippen LogP contribution in [0.2, 0.25) is 0 Å². The van der Waals surface area contributed by atoms with Crippen molar-refractivity contribution in [1.82, 2.24) is 10.2 Å². The largest absolute Gasteiger partial charge is 0.313 e. The zero-order valence-electron chi connectivity index (χ0n) is 10.8. The second kappa shape index (κ2) is 7.24. The summed E-state index contributed by atoms with van der Waals surface area (Å²) in [6.45, 7) is 6.95. The van der Waals surface area contributed by atoms with Crippen molar-refractivity contribution in [2.45, 2.75) is 64.5 Å². The predicted molar refractivity (Wildman–Crippen MR) is 67.3 cm³/mol. The van der Waals surface area contributed by atoms with Crippen molar-refractivity contribution in [2.75, 3.05) is 20.1 Å². The van der Waals surface area contributed by atoms with Gasteiger partial charge in [-0.3, -0.25) is 0 Å². The van der Waals surface area contributed by atoms with Gasteiger partial charge >= 0.3 is 0 Å². The van der Waals surface area contributed by atoms with Crippen molar-refractivity contribution < 1.29 is 0 Å². The SMILES string of the molecule is CCCC(C)N(C)CCNC1CCCC1. The third kappa shape index (κ3) is 4.98. The van der Waals surface area contributed by atoms with Crippen LogP contribution in [-0.2, 0) is 0 Å². The fraction of sp³-hybridized carbons (Fsp3) is 1.00. The van der Waals surface area contributed by atoms with Gasteiger partial charge in [-0.1, -0.05) is 26.2 Å². The molecular weight excluding hydrogens is 184 g/mol. The molecule has 90 valence electrons. The molecule has 0 aromatic rings. The minimum atomic E-state index is 0.736. The van der Waals surface area contributed by atoms with Crippen LogP contribution in [-0.4, -0.2) is 37.1 Å². The van der Waals surface area contributed by atoms with Gasteiger partial charge in [0.05, 0.1) is 0 Å². The summed E-state index contributed by atoms with van der Waals surface area (Å²) < 4.78 is 0. The molecule has 0 radical (unpaired) electrons. The van der Waals surface area contributed by atoms with Crippen LogP contribution in [0.4, 0.5) is 0 Å². The Labute approximate surface area is 95.4 Å². The van der Waals surface area contributed by atoms with Crippen LogP contribution in [0.15, 0.2) is 0 Å². The van der Waals surface area contributed by atoms with Gasteiger partial charge in [0.25, 0.3) is 0 Å². The van der Waals surface area contributed by atoms with E-state index in [4.69, 9.17) is 0 Å². The van der Waals surface area contributed by atoms with Gasteiger partial charge in [-0.2, -0.15) is 0 Å². The second-order valence-electron chi connectivity index (χ2n) is 5.05. The normalized spacial score (nSPS) is 20.0. The maximum absolute atomic E-state index is 3.67. The summed E-state index contributed by atoms with van der Waals surface area (Å²) in [5.41, 5.74) is 0. The zero-order chi connectivity index (χ0) is 11.1. The highest BCUT2D eigenvalue weighted by molar-refractivity contribution is 4.74. The summed E-state index contributed by atoms with van der Waals surface area (Å²) in [7, 11) is 2.25. The molecule has 0 saturated heterocycles. The molecule has 0 bridgehead atoms. The fourth-order valence-electron chi connectivity index (χ4n) is 2.43. The van der Waals surface area contributed by atoms with Crippen molar-refractivity contribution in [3.05, 3.63) is 0 Å². The number of nitrogens with zero attached hydrogens (tertiary/aromatic N) is 1. The molecule has 1 N–H and O–H groups in total. The molecule has 1 saturated carbocycles. The van der Waals surface area contributed by atoms with Gasteiger partial charge in [0.2, 0.25) is 0 Å². The first-order valence-corrected chi connectivity index (χ1v) is 6.67. The third-order valence-electron chi connectivity index (χ3n) is 3.71. The molecule has 2 heteroatoms. The molecule has 1 atom stereocenters. The Morgan fingerprint density at radius 1 is 1.33 bits per heavy atom. The lowest BCUT2D eigenvalue weighted by atomic mass is 10.2. The van der Waals surface area contributed by atoms with Crippen molar-refractivity contribution in [2.24, 2.45) is 0 Å². The molecule has 0 heterocycles. The first-order valence-electron chi connectivity index (χ1n) is 6.67. The first kappa shape index (κ1) is 13.0. The Morgan fingerprint density at radius 2 is 2.00 bits per heavy atom. The van der Waals surface area contributed by atoms with E-state index >= 15 is 0 Å². The smallest absolute Gasteiger partial charge is 0.0107 e. The van der Waals surface area contributed by atoms with Crippen molar-refractivity contribution in [3.8, 4) is 0 Å². The highest BCUT2D eigenvalue weighted by Crippen LogP contribution is 2.17. The standard InChI is InChI=1S/C13H28N2/c1-4-7-12(2)15(3)11-10-14-13-8-5-6-9-13/h12-14H,4-11H2,1-3H3. The molecule has 1 unspecified atom stereocenters. The fourth-order valence-corrected chi connectivity index (χ4v) is 2.43. The van der Waals surface area contributed by atoms with Crippen molar-refractivity contribution in [3.63, 3.8) is 0 Å². The average molecular weight is 212 g/mol. The molecule has 1 aliphatic carbocycles. The van der Waals surface area contributed by atoms with E-state index in [0.29, 0.717) is 0 Å². The molecule has 1 fully saturated rings. The summed E-state index contributed by atoms with van der Waals surface area (Å²) in [4.78, 5) is 2.48. The Hall–Kier alpha value is -0.0800. The molecule has 1 aliphatic rings. The highest BCUT2D eigenvalue weighted by atomic mass is 15.1. The number of likely N-dealkylation sites (N-methyl/N-ethyl adjacent to an activating group) is 1. The summed E-state index contributed by atoms with van der Waals surface area (Å²) in [6, 6.07) is 1.56. The van der Waals surface area contributed by atoms with Gasteiger partial charge in [-0.15, -0.1) is 0 Å². The predicted octanol–water partition coefficient (Wildman–Crippen LogP) is 2.64. The minimum absolute atomic E-state index is 0.736. The van der Waals surface area contributed by atoms with Gasteiger partial charge in [0.15, 0.2) is 0 Å². The molecule has 0 aromatic heterocycles. The van der Waals surface area contributed by atoms with Crippen LogP contribution >= 0.6 is 0 Å². The minimum Gasteiger partial charge on any atom is -0.313 e. The van der Waals surface area contributed by atoms with Gasteiger partial charge < -0.3 is 10.2 Å². The highest BCUT2D eigenvalue weighted by Gasteiger charge is 2.14. The molecule has 0 aliphatic heterocycles. The van der Waals surface area contributed by atoms with Crippen LogP contribution in [0.5, 0.6) is 0 Å². The first-order chi connectivity index (χ1) is 7.24. The number of hydrogen-bond donors (Lipinski definition) is 1. The van der Waals surface area contributed by atoms with Gasteiger partial charge in [-0.25, -0.2) is 0 Å². The van der Waals surface area contributed by atoms with E-state index in [1.165, 1.54) is 45.1 Å². The lowest BCUT2D eigenvalue weighted by Gasteiger charge is -2.25. The average Bonchev–Trinajstić information content (AvgIpc) is 2.71. The maximum atomic E-state index is 3.67. The summed E-state index contributed by atoms with van der Waals surface area (Å²) >= 11 is 0. The van der Waals surface area contributed by atoms with Crippen LogP contribution < -0.4 is 5.32 Å². The monoisotopic (exact) mass is 212 g/mol. The van der Waals surface area contributed by atoms with E-state index in [1.807, 2.05) is 0 Å². The van der Waals surface area contributed by atoms with E-state index in [9.17, 15) is 0 Å². The van der Waals surface area contributed by atoms with Gasteiger partial charge in [0, 0.05) is 25.2 Å². The Bertz CT molecular complexity index is 153. The third-order valence-corrected chi connectivity index (χ3v) is 3.71. The number of nitrogens with one attached hydrogen (secondary N) is 1. The van der Waals surface area contributed by atoms with Gasteiger partial charge in [-0.05, 0) is 33.2 Å².